The van der Waals surface area contributed by atoms with Crippen molar-refractivity contribution in [3.63, 3.8) is 0 Å². The van der Waals surface area contributed by atoms with Crippen molar-refractivity contribution >= 4 is 17.5 Å². The SMILES string of the molecule is Cc1cc(Cc2ccc(Cl)cc2)nc(C(C)C)c1C(N)=O. The average molecular weight is 303 g/mol. The minimum Gasteiger partial charge on any atom is -0.366 e. The molecule has 2 aromatic rings. The maximum absolute atomic E-state index is 11.6. The molecule has 110 valence electrons. The molecule has 21 heavy (non-hydrogen) atoms. The summed E-state index contributed by atoms with van der Waals surface area (Å²) in [5.74, 6) is -0.266. The Morgan fingerprint density at radius 3 is 2.43 bits per heavy atom. The van der Waals surface area contributed by atoms with Crippen LogP contribution in [0.5, 0.6) is 0 Å². The number of nitrogens with zero attached hydrogens (tertiary/aromatic N) is 1. The van der Waals surface area contributed by atoms with E-state index in [1.807, 2.05) is 51.1 Å². The van der Waals surface area contributed by atoms with E-state index in [0.717, 1.165) is 27.5 Å². The lowest BCUT2D eigenvalue weighted by molar-refractivity contribution is 0.0998. The third-order valence-corrected chi connectivity index (χ3v) is 3.64. The normalized spacial score (nSPS) is 10.9. The third kappa shape index (κ3) is 3.61. The Kier molecular flexibility index (Phi) is 4.63. The number of halogens is 1. The Morgan fingerprint density at radius 2 is 1.90 bits per heavy atom. The van der Waals surface area contributed by atoms with Gasteiger partial charge in [0.25, 0.3) is 5.91 Å². The molecule has 0 saturated carbocycles. The van der Waals surface area contributed by atoms with Gasteiger partial charge in [-0.25, -0.2) is 0 Å². The summed E-state index contributed by atoms with van der Waals surface area (Å²) in [7, 11) is 0. The molecule has 0 unspecified atom stereocenters. The minimum atomic E-state index is -0.415. The number of rotatable bonds is 4. The molecule has 0 bridgehead atoms. The van der Waals surface area contributed by atoms with Gasteiger partial charge in [0, 0.05) is 17.1 Å². The van der Waals surface area contributed by atoms with E-state index in [1.54, 1.807) is 0 Å². The first-order valence-corrected chi connectivity index (χ1v) is 7.31. The number of pyridine rings is 1. The molecule has 1 amide bonds. The molecule has 4 heteroatoms. The van der Waals surface area contributed by atoms with Gasteiger partial charge < -0.3 is 5.73 Å². The zero-order chi connectivity index (χ0) is 15.6. The number of carbonyl (C=O) groups excluding carboxylic acids is 1. The van der Waals surface area contributed by atoms with Crippen molar-refractivity contribution < 1.29 is 4.79 Å². The molecule has 0 atom stereocenters. The minimum absolute atomic E-state index is 0.149. The molecule has 0 saturated heterocycles. The van der Waals surface area contributed by atoms with Crippen LogP contribution in [-0.4, -0.2) is 10.9 Å². The van der Waals surface area contributed by atoms with Crippen LogP contribution < -0.4 is 5.73 Å². The lowest BCUT2D eigenvalue weighted by Crippen LogP contribution is -2.18. The van der Waals surface area contributed by atoms with E-state index in [9.17, 15) is 4.79 Å². The molecule has 0 aliphatic carbocycles. The van der Waals surface area contributed by atoms with Gasteiger partial charge in [0.1, 0.15) is 0 Å². The van der Waals surface area contributed by atoms with E-state index in [2.05, 4.69) is 4.98 Å². The molecule has 0 fully saturated rings. The van der Waals surface area contributed by atoms with E-state index in [1.165, 1.54) is 0 Å². The largest absolute Gasteiger partial charge is 0.366 e. The van der Waals surface area contributed by atoms with Crippen molar-refractivity contribution in [2.75, 3.05) is 0 Å². The van der Waals surface area contributed by atoms with E-state index < -0.39 is 5.91 Å². The van der Waals surface area contributed by atoms with Crippen LogP contribution in [0, 0.1) is 6.92 Å². The first kappa shape index (κ1) is 15.5. The van der Waals surface area contributed by atoms with E-state index in [-0.39, 0.29) is 5.92 Å². The molecule has 2 N–H and O–H groups in total. The summed E-state index contributed by atoms with van der Waals surface area (Å²) in [6.45, 7) is 5.93. The van der Waals surface area contributed by atoms with Crippen LogP contribution in [-0.2, 0) is 6.42 Å². The summed E-state index contributed by atoms with van der Waals surface area (Å²) >= 11 is 5.90. The Hall–Kier alpha value is -1.87. The molecule has 0 aliphatic rings. The smallest absolute Gasteiger partial charge is 0.250 e. The first-order chi connectivity index (χ1) is 9.88. The average Bonchev–Trinajstić information content (AvgIpc) is 2.40. The summed E-state index contributed by atoms with van der Waals surface area (Å²) < 4.78 is 0. The number of benzene rings is 1. The predicted molar refractivity (Wildman–Crippen MR) is 85.8 cm³/mol. The summed E-state index contributed by atoms with van der Waals surface area (Å²) in [5, 5.41) is 0.717. The number of hydrogen-bond acceptors (Lipinski definition) is 2. The van der Waals surface area contributed by atoms with Crippen molar-refractivity contribution in [2.24, 2.45) is 5.73 Å². The van der Waals surface area contributed by atoms with Crippen LogP contribution in [0.4, 0.5) is 0 Å². The van der Waals surface area contributed by atoms with Crippen LogP contribution in [0.25, 0.3) is 0 Å². The fraction of sp³-hybridized carbons (Fsp3) is 0.294. The van der Waals surface area contributed by atoms with Gasteiger partial charge in [0.05, 0.1) is 11.3 Å². The highest BCUT2D eigenvalue weighted by Crippen LogP contribution is 2.22. The maximum atomic E-state index is 11.6. The topological polar surface area (TPSA) is 56.0 Å². The standard InChI is InChI=1S/C17H19ClN2O/c1-10(2)16-15(17(19)21)11(3)8-14(20-16)9-12-4-6-13(18)7-5-12/h4-8,10H,9H2,1-3H3,(H2,19,21). The van der Waals surface area contributed by atoms with Crippen molar-refractivity contribution in [1.29, 1.82) is 0 Å². The predicted octanol–water partition coefficient (Wildman–Crippen LogP) is 3.86. The number of carbonyl (C=O) groups is 1. The Balaban J connectivity index is 2.41. The van der Waals surface area contributed by atoms with Gasteiger partial charge in [0.2, 0.25) is 0 Å². The maximum Gasteiger partial charge on any atom is 0.250 e. The first-order valence-electron chi connectivity index (χ1n) is 6.93. The Morgan fingerprint density at radius 1 is 1.29 bits per heavy atom. The zero-order valence-corrected chi connectivity index (χ0v) is 13.2. The lowest BCUT2D eigenvalue weighted by Gasteiger charge is -2.14. The van der Waals surface area contributed by atoms with Crippen molar-refractivity contribution in [1.82, 2.24) is 4.98 Å². The van der Waals surface area contributed by atoms with Gasteiger partial charge in [-0.15, -0.1) is 0 Å². The molecule has 0 radical (unpaired) electrons. The lowest BCUT2D eigenvalue weighted by atomic mass is 9.97. The number of amides is 1. The molecule has 0 spiro atoms. The number of aromatic nitrogens is 1. The highest BCUT2D eigenvalue weighted by Gasteiger charge is 2.17. The van der Waals surface area contributed by atoms with Crippen LogP contribution in [0.2, 0.25) is 5.02 Å². The Labute approximate surface area is 130 Å². The van der Waals surface area contributed by atoms with Crippen LogP contribution in [0.3, 0.4) is 0 Å². The van der Waals surface area contributed by atoms with Gasteiger partial charge in [-0.2, -0.15) is 0 Å². The molecule has 0 aliphatic heterocycles. The van der Waals surface area contributed by atoms with Crippen molar-refractivity contribution in [3.8, 4) is 0 Å². The third-order valence-electron chi connectivity index (χ3n) is 3.39. The van der Waals surface area contributed by atoms with Crippen molar-refractivity contribution in [2.45, 2.75) is 33.1 Å². The fourth-order valence-corrected chi connectivity index (χ4v) is 2.53. The van der Waals surface area contributed by atoms with Gasteiger partial charge >= 0.3 is 0 Å². The van der Waals surface area contributed by atoms with Gasteiger partial charge in [-0.3, -0.25) is 9.78 Å². The Bertz CT molecular complexity index is 663. The summed E-state index contributed by atoms with van der Waals surface area (Å²) in [4.78, 5) is 16.3. The quantitative estimate of drug-likeness (QED) is 0.932. The van der Waals surface area contributed by atoms with Crippen LogP contribution in [0.15, 0.2) is 30.3 Å². The van der Waals surface area contributed by atoms with E-state index in [4.69, 9.17) is 17.3 Å². The fourth-order valence-electron chi connectivity index (χ4n) is 2.41. The second-order valence-corrected chi connectivity index (χ2v) is 5.95. The molecular weight excluding hydrogens is 284 g/mol. The summed E-state index contributed by atoms with van der Waals surface area (Å²) in [6, 6.07) is 9.63. The molecule has 1 aromatic heterocycles. The molecule has 3 nitrogen and oxygen atoms in total. The molecular formula is C17H19ClN2O. The van der Waals surface area contributed by atoms with Crippen molar-refractivity contribution in [3.05, 3.63) is 63.4 Å². The molecule has 2 rings (SSSR count). The zero-order valence-electron chi connectivity index (χ0n) is 12.5. The van der Waals surface area contributed by atoms with Gasteiger partial charge in [-0.05, 0) is 42.2 Å². The summed E-state index contributed by atoms with van der Waals surface area (Å²) in [6.07, 6.45) is 0.705. The number of primary amides is 1. The van der Waals surface area contributed by atoms with Gasteiger partial charge in [-0.1, -0.05) is 37.6 Å². The van der Waals surface area contributed by atoms with Crippen LogP contribution >= 0.6 is 11.6 Å². The van der Waals surface area contributed by atoms with Gasteiger partial charge in [0.15, 0.2) is 0 Å². The highest BCUT2D eigenvalue weighted by molar-refractivity contribution is 6.30. The monoisotopic (exact) mass is 302 g/mol. The highest BCUT2D eigenvalue weighted by atomic mass is 35.5. The number of aryl methyl sites for hydroxylation is 1. The van der Waals surface area contributed by atoms with Crippen LogP contribution in [0.1, 0.15) is 52.6 Å². The second-order valence-electron chi connectivity index (χ2n) is 5.51. The second kappa shape index (κ2) is 6.27. The molecule has 1 aromatic carbocycles. The molecule has 1 heterocycles. The number of hydrogen-bond donors (Lipinski definition) is 1. The van der Waals surface area contributed by atoms with E-state index in [0.29, 0.717) is 12.0 Å². The van der Waals surface area contributed by atoms with E-state index >= 15 is 0 Å². The number of nitrogens with two attached hydrogens (primary N) is 1. The summed E-state index contributed by atoms with van der Waals surface area (Å²) in [5.41, 5.74) is 9.74.